The lowest BCUT2D eigenvalue weighted by Gasteiger charge is -2.42. The average Bonchev–Trinajstić information content (AvgIpc) is 2.32. The molecule has 0 bridgehead atoms. The number of hydrogen-bond donors (Lipinski definition) is 1. The van der Waals surface area contributed by atoms with Crippen LogP contribution in [0.2, 0.25) is 0 Å². The van der Waals surface area contributed by atoms with Gasteiger partial charge < -0.3 is 10.6 Å². The fourth-order valence-electron chi connectivity index (χ4n) is 3.65. The molecule has 1 aliphatic heterocycles. The van der Waals surface area contributed by atoms with Gasteiger partial charge in [0.25, 0.3) is 0 Å². The van der Waals surface area contributed by atoms with Crippen molar-refractivity contribution in [3.05, 3.63) is 0 Å². The zero-order chi connectivity index (χ0) is 13.3. The molecule has 3 heteroatoms. The molecule has 3 nitrogen and oxygen atoms in total. The van der Waals surface area contributed by atoms with Crippen molar-refractivity contribution in [3.63, 3.8) is 0 Å². The standard InChI is InChI=1S/C15H28N2O/c1-10-7-8-13(9-14(10)16)15(18)17-11(2)5-4-6-12(17)3/h10-14H,4-9,16H2,1-3H3/t10?,11-,12+,13?,14?. The van der Waals surface area contributed by atoms with Crippen LogP contribution < -0.4 is 5.73 Å². The quantitative estimate of drug-likeness (QED) is 0.779. The smallest absolute Gasteiger partial charge is 0.226 e. The third kappa shape index (κ3) is 2.71. The Morgan fingerprint density at radius 1 is 1.06 bits per heavy atom. The summed E-state index contributed by atoms with van der Waals surface area (Å²) < 4.78 is 0. The first-order chi connectivity index (χ1) is 8.50. The molecule has 0 aromatic heterocycles. The van der Waals surface area contributed by atoms with E-state index in [1.807, 2.05) is 0 Å². The van der Waals surface area contributed by atoms with Crippen LogP contribution in [0.25, 0.3) is 0 Å². The minimum Gasteiger partial charge on any atom is -0.337 e. The Morgan fingerprint density at radius 3 is 2.22 bits per heavy atom. The van der Waals surface area contributed by atoms with Crippen molar-refractivity contribution in [2.45, 2.75) is 77.4 Å². The van der Waals surface area contributed by atoms with E-state index in [0.29, 0.717) is 23.9 Å². The molecule has 1 aliphatic carbocycles. The van der Waals surface area contributed by atoms with Gasteiger partial charge in [0.1, 0.15) is 0 Å². The molecule has 5 atom stereocenters. The Balaban J connectivity index is 2.01. The molecule has 1 saturated heterocycles. The van der Waals surface area contributed by atoms with Crippen molar-refractivity contribution in [3.8, 4) is 0 Å². The molecule has 0 spiro atoms. The molecular weight excluding hydrogens is 224 g/mol. The number of piperidine rings is 1. The first-order valence-electron chi connectivity index (χ1n) is 7.58. The fraction of sp³-hybridized carbons (Fsp3) is 0.933. The highest BCUT2D eigenvalue weighted by molar-refractivity contribution is 5.79. The van der Waals surface area contributed by atoms with Crippen molar-refractivity contribution in [1.29, 1.82) is 0 Å². The summed E-state index contributed by atoms with van der Waals surface area (Å²) in [5.74, 6) is 1.13. The molecule has 2 fully saturated rings. The number of carbonyl (C=O) groups excluding carboxylic acids is 1. The summed E-state index contributed by atoms with van der Waals surface area (Å²) in [6.45, 7) is 6.59. The Hall–Kier alpha value is -0.570. The predicted octanol–water partition coefficient (Wildman–Crippen LogP) is 2.54. The van der Waals surface area contributed by atoms with Gasteiger partial charge in [0, 0.05) is 24.0 Å². The Kier molecular flexibility index (Phi) is 4.31. The molecule has 1 amide bonds. The number of nitrogens with two attached hydrogens (primary N) is 1. The van der Waals surface area contributed by atoms with Crippen molar-refractivity contribution in [2.24, 2.45) is 17.6 Å². The minimum absolute atomic E-state index is 0.180. The van der Waals surface area contributed by atoms with Crippen LogP contribution in [-0.4, -0.2) is 28.9 Å². The Morgan fingerprint density at radius 2 is 1.67 bits per heavy atom. The summed E-state index contributed by atoms with van der Waals surface area (Å²) in [6, 6.07) is 1.04. The summed E-state index contributed by atoms with van der Waals surface area (Å²) in [5, 5.41) is 0. The molecular formula is C15H28N2O. The van der Waals surface area contributed by atoms with E-state index in [1.54, 1.807) is 0 Å². The summed E-state index contributed by atoms with van der Waals surface area (Å²) >= 11 is 0. The maximum Gasteiger partial charge on any atom is 0.226 e. The zero-order valence-corrected chi connectivity index (χ0v) is 12.1. The van der Waals surface area contributed by atoms with E-state index in [2.05, 4.69) is 25.7 Å². The highest BCUT2D eigenvalue weighted by Crippen LogP contribution is 2.32. The molecule has 1 saturated carbocycles. The number of hydrogen-bond acceptors (Lipinski definition) is 2. The molecule has 0 radical (unpaired) electrons. The Bertz CT molecular complexity index is 295. The molecule has 2 rings (SSSR count). The van der Waals surface area contributed by atoms with Crippen molar-refractivity contribution >= 4 is 5.91 Å². The van der Waals surface area contributed by atoms with Crippen LogP contribution in [0.1, 0.15) is 59.3 Å². The van der Waals surface area contributed by atoms with Gasteiger partial charge in [0.15, 0.2) is 0 Å². The van der Waals surface area contributed by atoms with E-state index < -0.39 is 0 Å². The lowest BCUT2D eigenvalue weighted by molar-refractivity contribution is -0.143. The van der Waals surface area contributed by atoms with Gasteiger partial charge in [-0.15, -0.1) is 0 Å². The Labute approximate surface area is 111 Å². The largest absolute Gasteiger partial charge is 0.337 e. The van der Waals surface area contributed by atoms with Crippen LogP contribution >= 0.6 is 0 Å². The van der Waals surface area contributed by atoms with Crippen LogP contribution in [0.4, 0.5) is 0 Å². The molecule has 2 N–H and O–H groups in total. The normalized spacial score (nSPS) is 41.8. The lowest BCUT2D eigenvalue weighted by atomic mass is 9.78. The van der Waals surface area contributed by atoms with Crippen LogP contribution in [0, 0.1) is 11.8 Å². The van der Waals surface area contributed by atoms with Gasteiger partial charge in [-0.05, 0) is 58.3 Å². The average molecular weight is 252 g/mol. The van der Waals surface area contributed by atoms with Crippen molar-refractivity contribution in [1.82, 2.24) is 4.90 Å². The summed E-state index contributed by atoms with van der Waals surface area (Å²) in [5.41, 5.74) is 6.13. The van der Waals surface area contributed by atoms with Gasteiger partial charge in [-0.3, -0.25) is 4.79 Å². The van der Waals surface area contributed by atoms with E-state index in [0.717, 1.165) is 32.1 Å². The topological polar surface area (TPSA) is 46.3 Å². The van der Waals surface area contributed by atoms with Gasteiger partial charge in [0.2, 0.25) is 5.91 Å². The molecule has 1 heterocycles. The molecule has 0 aromatic rings. The van der Waals surface area contributed by atoms with E-state index in [4.69, 9.17) is 5.73 Å². The lowest BCUT2D eigenvalue weighted by Crippen LogP contribution is -2.51. The number of nitrogens with zero attached hydrogens (tertiary/aromatic N) is 1. The highest BCUT2D eigenvalue weighted by Gasteiger charge is 2.36. The summed E-state index contributed by atoms with van der Waals surface area (Å²) in [4.78, 5) is 14.8. The van der Waals surface area contributed by atoms with Gasteiger partial charge in [0.05, 0.1) is 0 Å². The molecule has 3 unspecified atom stereocenters. The van der Waals surface area contributed by atoms with E-state index >= 15 is 0 Å². The van der Waals surface area contributed by atoms with Crippen LogP contribution in [0.15, 0.2) is 0 Å². The van der Waals surface area contributed by atoms with Gasteiger partial charge in [-0.25, -0.2) is 0 Å². The summed E-state index contributed by atoms with van der Waals surface area (Å²) in [6.07, 6.45) is 6.59. The molecule has 2 aliphatic rings. The van der Waals surface area contributed by atoms with Crippen LogP contribution in [0.3, 0.4) is 0 Å². The maximum absolute atomic E-state index is 12.7. The van der Waals surface area contributed by atoms with E-state index in [9.17, 15) is 4.79 Å². The van der Waals surface area contributed by atoms with E-state index in [-0.39, 0.29) is 12.0 Å². The second kappa shape index (κ2) is 5.60. The SMILES string of the molecule is CC1CCC(C(=O)N2[C@H](C)CCC[C@@H]2C)CC1N. The third-order valence-electron chi connectivity index (χ3n) is 5.06. The molecule has 18 heavy (non-hydrogen) atoms. The molecule has 104 valence electrons. The molecule has 0 aromatic carbocycles. The number of likely N-dealkylation sites (tertiary alicyclic amines) is 1. The predicted molar refractivity (Wildman–Crippen MR) is 74.1 cm³/mol. The second-order valence-corrected chi connectivity index (χ2v) is 6.53. The van der Waals surface area contributed by atoms with Crippen LogP contribution in [-0.2, 0) is 4.79 Å². The second-order valence-electron chi connectivity index (χ2n) is 6.53. The number of rotatable bonds is 1. The number of carbonyl (C=O) groups is 1. The van der Waals surface area contributed by atoms with Gasteiger partial charge in [-0.1, -0.05) is 6.92 Å². The third-order valence-corrected chi connectivity index (χ3v) is 5.06. The highest BCUT2D eigenvalue weighted by atomic mass is 16.2. The minimum atomic E-state index is 0.180. The zero-order valence-electron chi connectivity index (χ0n) is 12.1. The van der Waals surface area contributed by atoms with E-state index in [1.165, 1.54) is 6.42 Å². The summed E-state index contributed by atoms with van der Waals surface area (Å²) in [7, 11) is 0. The van der Waals surface area contributed by atoms with Crippen molar-refractivity contribution < 1.29 is 4.79 Å². The fourth-order valence-corrected chi connectivity index (χ4v) is 3.65. The van der Waals surface area contributed by atoms with Gasteiger partial charge in [-0.2, -0.15) is 0 Å². The monoisotopic (exact) mass is 252 g/mol. The maximum atomic E-state index is 12.7. The number of amides is 1. The first kappa shape index (κ1) is 13.9. The first-order valence-corrected chi connectivity index (χ1v) is 7.58. The van der Waals surface area contributed by atoms with Crippen LogP contribution in [0.5, 0.6) is 0 Å². The van der Waals surface area contributed by atoms with Crippen molar-refractivity contribution in [2.75, 3.05) is 0 Å². The van der Waals surface area contributed by atoms with Gasteiger partial charge >= 0.3 is 0 Å².